The van der Waals surface area contributed by atoms with E-state index in [0.29, 0.717) is 5.41 Å². The predicted molar refractivity (Wildman–Crippen MR) is 106 cm³/mol. The molecule has 1 spiro atoms. The second kappa shape index (κ2) is 8.02. The Hall–Kier alpha value is -1.86. The van der Waals surface area contributed by atoms with Gasteiger partial charge in [-0.25, -0.2) is 4.98 Å². The van der Waals surface area contributed by atoms with Crippen molar-refractivity contribution in [3.8, 4) is 0 Å². The molecule has 148 valence electrons. The third-order valence-corrected chi connectivity index (χ3v) is 5.96. The first-order valence-electron chi connectivity index (χ1n) is 10.0. The Balaban J connectivity index is 1.36. The Kier molecular flexibility index (Phi) is 5.50. The number of hydrogen-bond donors (Lipinski definition) is 1. The quantitative estimate of drug-likeness (QED) is 0.640. The lowest BCUT2D eigenvalue weighted by atomic mass is 9.87. The average Bonchev–Trinajstić information content (AvgIpc) is 3.33. The number of pyridine rings is 1. The maximum Gasteiger partial charge on any atom is 0.193 e. The van der Waals surface area contributed by atoms with Gasteiger partial charge in [0.05, 0.1) is 19.3 Å². The highest BCUT2D eigenvalue weighted by molar-refractivity contribution is 5.80. The van der Waals surface area contributed by atoms with E-state index in [1.807, 2.05) is 13.2 Å². The highest BCUT2D eigenvalue weighted by atomic mass is 16.5. The summed E-state index contributed by atoms with van der Waals surface area (Å²) in [5.41, 5.74) is 1.56. The van der Waals surface area contributed by atoms with E-state index < -0.39 is 0 Å². The Bertz CT molecular complexity index is 674. The zero-order valence-electron chi connectivity index (χ0n) is 16.5. The van der Waals surface area contributed by atoms with Gasteiger partial charge in [0, 0.05) is 58.0 Å². The first-order chi connectivity index (χ1) is 13.2. The minimum Gasteiger partial charge on any atom is -0.381 e. The minimum absolute atomic E-state index is 0.253. The molecule has 0 bridgehead atoms. The number of morpholine rings is 1. The van der Waals surface area contributed by atoms with Crippen molar-refractivity contribution in [1.82, 2.24) is 15.2 Å². The molecule has 3 fully saturated rings. The Morgan fingerprint density at radius 1 is 1.37 bits per heavy atom. The van der Waals surface area contributed by atoms with Crippen LogP contribution >= 0.6 is 0 Å². The zero-order chi connectivity index (χ0) is 18.7. The summed E-state index contributed by atoms with van der Waals surface area (Å²) in [4.78, 5) is 13.7. The van der Waals surface area contributed by atoms with Gasteiger partial charge in [-0.3, -0.25) is 4.99 Å². The number of anilines is 1. The SMILES string of the molecule is CN=C(NCc1ccnc(N2CCOC(C)C2)c1)N1CCC2(CCOC2)C1. The number of guanidine groups is 1. The second-order valence-electron chi connectivity index (χ2n) is 8.02. The van der Waals surface area contributed by atoms with E-state index in [1.165, 1.54) is 18.4 Å². The molecule has 1 aromatic rings. The molecule has 3 aliphatic heterocycles. The van der Waals surface area contributed by atoms with Crippen molar-refractivity contribution in [2.45, 2.75) is 32.4 Å². The first kappa shape index (κ1) is 18.5. The number of nitrogens with zero attached hydrogens (tertiary/aromatic N) is 4. The molecule has 7 heteroatoms. The third kappa shape index (κ3) is 4.19. The van der Waals surface area contributed by atoms with E-state index in [9.17, 15) is 0 Å². The van der Waals surface area contributed by atoms with Gasteiger partial charge in [-0.15, -0.1) is 0 Å². The van der Waals surface area contributed by atoms with Crippen molar-refractivity contribution in [1.29, 1.82) is 0 Å². The molecule has 2 atom stereocenters. The molecule has 0 aliphatic carbocycles. The molecule has 3 saturated heterocycles. The number of aliphatic imine (C=N–C) groups is 1. The fourth-order valence-electron chi connectivity index (χ4n) is 4.37. The normalized spacial score (nSPS) is 29.0. The zero-order valence-corrected chi connectivity index (χ0v) is 16.5. The highest BCUT2D eigenvalue weighted by Gasteiger charge is 2.42. The van der Waals surface area contributed by atoms with E-state index >= 15 is 0 Å². The maximum absolute atomic E-state index is 5.64. The van der Waals surface area contributed by atoms with Crippen LogP contribution in [0.15, 0.2) is 23.3 Å². The standard InChI is InChI=1S/C20H31N5O2/c1-16-13-24(8-10-27-16)18-11-17(3-6-22-18)12-23-19(21-2)25-7-4-20(14-25)5-9-26-15-20/h3,6,11,16H,4-5,7-10,12-15H2,1-2H3,(H,21,23). The van der Waals surface area contributed by atoms with E-state index in [-0.39, 0.29) is 6.10 Å². The topological polar surface area (TPSA) is 62.2 Å². The molecule has 1 N–H and O–H groups in total. The van der Waals surface area contributed by atoms with E-state index in [2.05, 4.69) is 44.1 Å². The van der Waals surface area contributed by atoms with Crippen molar-refractivity contribution in [2.75, 3.05) is 57.9 Å². The average molecular weight is 374 g/mol. The van der Waals surface area contributed by atoms with Crippen LogP contribution in [0, 0.1) is 5.41 Å². The lowest BCUT2D eigenvalue weighted by molar-refractivity contribution is 0.0529. The molecule has 4 rings (SSSR count). The second-order valence-corrected chi connectivity index (χ2v) is 8.02. The van der Waals surface area contributed by atoms with Crippen LogP contribution in [0.25, 0.3) is 0 Å². The molecule has 27 heavy (non-hydrogen) atoms. The van der Waals surface area contributed by atoms with E-state index in [1.54, 1.807) is 0 Å². The van der Waals surface area contributed by atoms with Crippen LogP contribution < -0.4 is 10.2 Å². The third-order valence-electron chi connectivity index (χ3n) is 5.96. The van der Waals surface area contributed by atoms with Gasteiger partial charge in [0.15, 0.2) is 5.96 Å². The van der Waals surface area contributed by atoms with Gasteiger partial charge in [-0.05, 0) is 37.5 Å². The van der Waals surface area contributed by atoms with E-state index in [0.717, 1.165) is 64.3 Å². The van der Waals surface area contributed by atoms with Crippen LogP contribution in [0.2, 0.25) is 0 Å². The van der Waals surface area contributed by atoms with Gasteiger partial charge in [0.2, 0.25) is 0 Å². The van der Waals surface area contributed by atoms with Gasteiger partial charge in [0.1, 0.15) is 5.82 Å². The molecule has 3 aliphatic rings. The van der Waals surface area contributed by atoms with Crippen LogP contribution in [-0.2, 0) is 16.0 Å². The maximum atomic E-state index is 5.64. The lowest BCUT2D eigenvalue weighted by Crippen LogP contribution is -2.42. The molecular formula is C20H31N5O2. The fourth-order valence-corrected chi connectivity index (χ4v) is 4.37. The van der Waals surface area contributed by atoms with Crippen molar-refractivity contribution < 1.29 is 9.47 Å². The van der Waals surface area contributed by atoms with Crippen LogP contribution in [0.5, 0.6) is 0 Å². The van der Waals surface area contributed by atoms with Crippen molar-refractivity contribution in [2.24, 2.45) is 10.4 Å². The molecule has 4 heterocycles. The Labute approximate surface area is 161 Å². The molecule has 0 radical (unpaired) electrons. The summed E-state index contributed by atoms with van der Waals surface area (Å²) >= 11 is 0. The monoisotopic (exact) mass is 373 g/mol. The molecule has 1 aromatic heterocycles. The van der Waals surface area contributed by atoms with Gasteiger partial charge in [-0.1, -0.05) is 0 Å². The van der Waals surface area contributed by atoms with Crippen LogP contribution in [0.3, 0.4) is 0 Å². The summed E-state index contributed by atoms with van der Waals surface area (Å²) in [6.07, 6.45) is 4.52. The number of hydrogen-bond acceptors (Lipinski definition) is 5. The molecule has 0 amide bonds. The van der Waals surface area contributed by atoms with Crippen LogP contribution in [-0.4, -0.2) is 75.0 Å². The largest absolute Gasteiger partial charge is 0.381 e. The molecule has 0 saturated carbocycles. The van der Waals surface area contributed by atoms with Gasteiger partial charge in [-0.2, -0.15) is 0 Å². The van der Waals surface area contributed by atoms with Gasteiger partial charge in [0.25, 0.3) is 0 Å². The summed E-state index contributed by atoms with van der Waals surface area (Å²) in [7, 11) is 1.87. The highest BCUT2D eigenvalue weighted by Crippen LogP contribution is 2.38. The summed E-state index contributed by atoms with van der Waals surface area (Å²) in [5.74, 6) is 2.01. The summed E-state index contributed by atoms with van der Waals surface area (Å²) in [6.45, 7) is 9.31. The lowest BCUT2D eigenvalue weighted by Gasteiger charge is -2.32. The van der Waals surface area contributed by atoms with Gasteiger partial charge >= 0.3 is 0 Å². The molecular weight excluding hydrogens is 342 g/mol. The van der Waals surface area contributed by atoms with E-state index in [4.69, 9.17) is 9.47 Å². The Morgan fingerprint density at radius 3 is 3.07 bits per heavy atom. The fraction of sp³-hybridized carbons (Fsp3) is 0.700. The molecule has 7 nitrogen and oxygen atoms in total. The number of likely N-dealkylation sites (tertiary alicyclic amines) is 1. The Morgan fingerprint density at radius 2 is 2.30 bits per heavy atom. The molecule has 0 aromatic carbocycles. The predicted octanol–water partition coefficient (Wildman–Crippen LogP) is 1.49. The number of ether oxygens (including phenoxy) is 2. The first-order valence-corrected chi connectivity index (χ1v) is 10.0. The molecule has 2 unspecified atom stereocenters. The summed E-state index contributed by atoms with van der Waals surface area (Å²) in [6, 6.07) is 4.25. The number of rotatable bonds is 3. The van der Waals surface area contributed by atoms with Gasteiger partial charge < -0.3 is 24.6 Å². The van der Waals surface area contributed by atoms with Crippen molar-refractivity contribution in [3.05, 3.63) is 23.9 Å². The smallest absolute Gasteiger partial charge is 0.193 e. The van der Waals surface area contributed by atoms with Crippen LogP contribution in [0.1, 0.15) is 25.3 Å². The number of nitrogens with one attached hydrogen (secondary N) is 1. The van der Waals surface area contributed by atoms with Crippen molar-refractivity contribution in [3.63, 3.8) is 0 Å². The minimum atomic E-state index is 0.253. The number of aromatic nitrogens is 1. The van der Waals surface area contributed by atoms with Crippen LogP contribution in [0.4, 0.5) is 5.82 Å². The summed E-state index contributed by atoms with van der Waals surface area (Å²) < 4.78 is 11.3. The summed E-state index contributed by atoms with van der Waals surface area (Å²) in [5, 5.41) is 3.54. The van der Waals surface area contributed by atoms with Crippen molar-refractivity contribution >= 4 is 11.8 Å².